The van der Waals surface area contributed by atoms with Crippen LogP contribution in [0.3, 0.4) is 0 Å². The number of anilines is 3. The average molecular weight is 789 g/mol. The maximum absolute atomic E-state index is 13.2. The first-order valence-electron chi connectivity index (χ1n) is 19.4. The van der Waals surface area contributed by atoms with E-state index in [9.17, 15) is 24.0 Å². The molecule has 18 nitrogen and oxygen atoms in total. The maximum Gasteiger partial charge on any atom is 0.323 e. The zero-order valence-corrected chi connectivity index (χ0v) is 32.8. The van der Waals surface area contributed by atoms with Crippen LogP contribution in [-0.4, -0.2) is 113 Å². The number of carbonyl (C=O) groups is 5. The normalized spacial score (nSPS) is 17.1. The number of carbonyl (C=O) groups excluding carboxylic acids is 5. The SMILES string of the molecule is Cc1cc(NC(=O)Nc2cnc3ccnn3c2C(C)C)cnc1-c1noc(CCCC(=O)N2CCN(c3ccc4c(c3)CN(C3CCC(=O)N(C)C3=O)C4=O)CC2)n1. The topological polar surface area (TPSA) is 204 Å². The summed E-state index contributed by atoms with van der Waals surface area (Å²) in [5.74, 6) is 0.108. The summed E-state index contributed by atoms with van der Waals surface area (Å²) < 4.78 is 7.21. The molecule has 58 heavy (non-hydrogen) atoms. The number of hydrogen-bond donors (Lipinski definition) is 2. The van der Waals surface area contributed by atoms with Crippen LogP contribution in [0.5, 0.6) is 0 Å². The number of hydrogen-bond acceptors (Lipinski definition) is 12. The highest BCUT2D eigenvalue weighted by atomic mass is 16.5. The lowest BCUT2D eigenvalue weighted by Gasteiger charge is -2.36. The lowest BCUT2D eigenvalue weighted by molar-refractivity contribution is -0.150. The third-order valence-electron chi connectivity index (χ3n) is 11.0. The molecule has 1 unspecified atom stereocenters. The van der Waals surface area contributed by atoms with Gasteiger partial charge in [0.2, 0.25) is 23.5 Å². The van der Waals surface area contributed by atoms with Gasteiger partial charge in [0.1, 0.15) is 11.7 Å². The van der Waals surface area contributed by atoms with Crippen LogP contribution in [0.15, 0.2) is 53.4 Å². The number of nitrogens with zero attached hydrogens (tertiary/aromatic N) is 10. The van der Waals surface area contributed by atoms with Gasteiger partial charge in [0, 0.05) is 76.4 Å². The third-order valence-corrected chi connectivity index (χ3v) is 11.0. The Kier molecular flexibility index (Phi) is 10.3. The standard InChI is InChI=1S/C40H44N12O6/c1-23(2)36-29(21-41-31-12-13-43-52(31)36)45-40(57)44-26-18-24(3)35(42-20-26)37-46-32(58-47-37)6-5-7-34(54)50-16-14-49(15-17-50)27-8-9-28-25(19-27)22-51(38(28)55)30-10-11-33(53)48(4)39(30)56/h8-9,12-13,18-21,23,30H,5-7,10-11,14-17,22H2,1-4H3,(H2,44,45,57). The highest BCUT2D eigenvalue weighted by molar-refractivity contribution is 6.05. The van der Waals surface area contributed by atoms with Crippen LogP contribution in [0.25, 0.3) is 17.2 Å². The molecule has 1 atom stereocenters. The second kappa shape index (κ2) is 15.7. The van der Waals surface area contributed by atoms with E-state index in [0.717, 1.165) is 27.4 Å². The van der Waals surface area contributed by atoms with Crippen LogP contribution >= 0.6 is 0 Å². The van der Waals surface area contributed by atoms with Gasteiger partial charge in [-0.15, -0.1) is 0 Å². The van der Waals surface area contributed by atoms with Crippen LogP contribution in [0, 0.1) is 6.92 Å². The lowest BCUT2D eigenvalue weighted by atomic mass is 10.0. The molecule has 0 bridgehead atoms. The fraction of sp³-hybridized carbons (Fsp3) is 0.400. The van der Waals surface area contributed by atoms with Crippen molar-refractivity contribution in [1.29, 1.82) is 0 Å². The van der Waals surface area contributed by atoms with Crippen molar-refractivity contribution in [1.82, 2.24) is 44.4 Å². The first-order chi connectivity index (χ1) is 27.9. The molecule has 0 radical (unpaired) electrons. The van der Waals surface area contributed by atoms with Crippen LogP contribution in [-0.2, 0) is 27.3 Å². The molecule has 300 valence electrons. The number of pyridine rings is 1. The molecule has 18 heteroatoms. The van der Waals surface area contributed by atoms with Gasteiger partial charge in [-0.2, -0.15) is 10.1 Å². The van der Waals surface area contributed by atoms with Gasteiger partial charge in [-0.1, -0.05) is 19.0 Å². The van der Waals surface area contributed by atoms with E-state index in [2.05, 4.69) is 40.7 Å². The van der Waals surface area contributed by atoms with E-state index in [4.69, 9.17) is 4.52 Å². The van der Waals surface area contributed by atoms with E-state index in [-0.39, 0.29) is 36.0 Å². The summed E-state index contributed by atoms with van der Waals surface area (Å²) in [5, 5.41) is 14.1. The molecule has 7 heterocycles. The van der Waals surface area contributed by atoms with E-state index in [1.165, 1.54) is 13.2 Å². The van der Waals surface area contributed by atoms with E-state index in [1.807, 2.05) is 43.9 Å². The van der Waals surface area contributed by atoms with Gasteiger partial charge in [0.05, 0.1) is 35.7 Å². The maximum atomic E-state index is 13.2. The monoisotopic (exact) mass is 788 g/mol. The Balaban J connectivity index is 0.796. The predicted octanol–water partition coefficient (Wildman–Crippen LogP) is 4.02. The summed E-state index contributed by atoms with van der Waals surface area (Å²) in [6.45, 7) is 8.63. The smallest absolute Gasteiger partial charge is 0.323 e. The number of fused-ring (bicyclic) bond motifs is 2. The molecule has 3 aliphatic rings. The van der Waals surface area contributed by atoms with Crippen LogP contribution in [0.4, 0.5) is 21.9 Å². The zero-order valence-electron chi connectivity index (χ0n) is 32.8. The molecule has 2 saturated heterocycles. The Hall–Kier alpha value is -6.72. The predicted molar refractivity (Wildman–Crippen MR) is 211 cm³/mol. The minimum absolute atomic E-state index is 0.0541. The van der Waals surface area contributed by atoms with E-state index in [1.54, 1.807) is 33.9 Å². The van der Waals surface area contributed by atoms with E-state index < -0.39 is 12.1 Å². The highest BCUT2D eigenvalue weighted by Crippen LogP contribution is 2.32. The van der Waals surface area contributed by atoms with Gasteiger partial charge < -0.3 is 29.9 Å². The molecular formula is C40H44N12O6. The van der Waals surface area contributed by atoms with Gasteiger partial charge in [0.15, 0.2) is 5.65 Å². The number of nitrogens with one attached hydrogen (secondary N) is 2. The van der Waals surface area contributed by atoms with Gasteiger partial charge in [0.25, 0.3) is 11.8 Å². The van der Waals surface area contributed by atoms with Gasteiger partial charge >= 0.3 is 6.03 Å². The van der Waals surface area contributed by atoms with Crippen molar-refractivity contribution in [2.45, 2.75) is 71.4 Å². The number of rotatable bonds is 10. The summed E-state index contributed by atoms with van der Waals surface area (Å²) in [4.78, 5) is 84.1. The molecule has 3 aliphatic heterocycles. The minimum Gasteiger partial charge on any atom is -0.368 e. The number of urea groups is 1. The molecule has 8 rings (SSSR count). The molecule has 2 N–H and O–H groups in total. The second-order valence-electron chi connectivity index (χ2n) is 15.1. The van der Waals surface area contributed by atoms with Crippen molar-refractivity contribution in [2.24, 2.45) is 0 Å². The molecule has 0 spiro atoms. The summed E-state index contributed by atoms with van der Waals surface area (Å²) in [7, 11) is 1.47. The lowest BCUT2D eigenvalue weighted by Crippen LogP contribution is -2.53. The third kappa shape index (κ3) is 7.44. The number of aryl methyl sites for hydroxylation is 2. The minimum atomic E-state index is -0.639. The molecular weight excluding hydrogens is 745 g/mol. The summed E-state index contributed by atoms with van der Waals surface area (Å²) in [6.07, 6.45) is 6.68. The molecule has 6 amide bonds. The number of piperazine rings is 1. The number of piperidine rings is 1. The van der Waals surface area contributed by atoms with Crippen molar-refractivity contribution in [2.75, 3.05) is 48.8 Å². The van der Waals surface area contributed by atoms with Crippen molar-refractivity contribution >= 4 is 52.4 Å². The number of aromatic nitrogens is 6. The van der Waals surface area contributed by atoms with Crippen LogP contribution in [0.1, 0.15) is 78.5 Å². The fourth-order valence-electron chi connectivity index (χ4n) is 7.89. The Morgan fingerprint density at radius 2 is 1.81 bits per heavy atom. The number of likely N-dealkylation sites (N-methyl/N-ethyl adjacent to an activating group) is 1. The Morgan fingerprint density at radius 1 is 1.00 bits per heavy atom. The summed E-state index contributed by atoms with van der Waals surface area (Å²) in [6, 6.07) is 8.22. The van der Waals surface area contributed by atoms with Gasteiger partial charge in [-0.05, 0) is 61.1 Å². The molecule has 4 aromatic heterocycles. The van der Waals surface area contributed by atoms with Crippen molar-refractivity contribution in [3.05, 3.63) is 77.2 Å². The fourth-order valence-corrected chi connectivity index (χ4v) is 7.89. The average Bonchev–Trinajstić information content (AvgIpc) is 3.96. The Morgan fingerprint density at radius 3 is 2.59 bits per heavy atom. The van der Waals surface area contributed by atoms with Gasteiger partial charge in [-0.25, -0.2) is 14.3 Å². The highest BCUT2D eigenvalue weighted by Gasteiger charge is 2.41. The molecule has 1 aromatic carbocycles. The first kappa shape index (κ1) is 38.2. The molecule has 2 fully saturated rings. The van der Waals surface area contributed by atoms with E-state index in [0.29, 0.717) is 98.4 Å². The van der Waals surface area contributed by atoms with Crippen molar-refractivity contribution in [3.63, 3.8) is 0 Å². The number of benzene rings is 1. The number of amides is 6. The largest absolute Gasteiger partial charge is 0.368 e. The number of likely N-dealkylation sites (tertiary alicyclic amines) is 1. The second-order valence-corrected chi connectivity index (χ2v) is 15.1. The zero-order chi connectivity index (χ0) is 40.7. The Labute approximate surface area is 333 Å². The Bertz CT molecular complexity index is 2430. The quantitative estimate of drug-likeness (QED) is 0.193. The summed E-state index contributed by atoms with van der Waals surface area (Å²) >= 11 is 0. The molecule has 5 aromatic rings. The molecule has 0 saturated carbocycles. The van der Waals surface area contributed by atoms with Gasteiger partial charge in [-0.3, -0.25) is 29.1 Å². The van der Waals surface area contributed by atoms with Crippen molar-refractivity contribution < 1.29 is 28.5 Å². The molecule has 0 aliphatic carbocycles. The van der Waals surface area contributed by atoms with E-state index >= 15 is 0 Å². The number of imide groups is 1. The van der Waals surface area contributed by atoms with Crippen LogP contribution in [0.2, 0.25) is 0 Å². The van der Waals surface area contributed by atoms with Crippen LogP contribution < -0.4 is 15.5 Å². The van der Waals surface area contributed by atoms with Crippen molar-refractivity contribution in [3.8, 4) is 11.5 Å². The summed E-state index contributed by atoms with van der Waals surface area (Å²) in [5.41, 5.74) is 6.22. The first-order valence-corrected chi connectivity index (χ1v) is 19.4.